The molecule has 3 heteroatoms. The highest BCUT2D eigenvalue weighted by atomic mass is 16.5. The molecule has 0 aliphatic heterocycles. The zero-order valence-corrected chi connectivity index (χ0v) is 15.6. The van der Waals surface area contributed by atoms with Crippen LogP contribution in [0.1, 0.15) is 90.9 Å². The summed E-state index contributed by atoms with van der Waals surface area (Å²) in [5, 5.41) is 0. The van der Waals surface area contributed by atoms with Gasteiger partial charge in [0.15, 0.2) is 6.73 Å². The van der Waals surface area contributed by atoms with Crippen molar-refractivity contribution in [1.29, 1.82) is 0 Å². The average Bonchev–Trinajstić information content (AvgIpc) is 3.01. The maximum Gasteiger partial charge on any atom is 0.245 e. The van der Waals surface area contributed by atoms with Gasteiger partial charge in [0.1, 0.15) is 12.4 Å². The van der Waals surface area contributed by atoms with Crippen molar-refractivity contribution in [3.63, 3.8) is 0 Å². The molecule has 1 rings (SSSR count). The van der Waals surface area contributed by atoms with E-state index in [4.69, 9.17) is 4.74 Å². The van der Waals surface area contributed by atoms with Crippen molar-refractivity contribution in [3.05, 3.63) is 18.7 Å². The summed E-state index contributed by atoms with van der Waals surface area (Å²) in [5.41, 5.74) is 0. The van der Waals surface area contributed by atoms with Crippen LogP contribution in [-0.2, 0) is 18.0 Å². The van der Waals surface area contributed by atoms with Crippen LogP contribution in [0.4, 0.5) is 0 Å². The Morgan fingerprint density at radius 2 is 1.39 bits per heavy atom. The van der Waals surface area contributed by atoms with Crippen LogP contribution < -0.4 is 4.57 Å². The molecule has 1 aromatic heterocycles. The van der Waals surface area contributed by atoms with Gasteiger partial charge in [0, 0.05) is 0 Å². The van der Waals surface area contributed by atoms with E-state index >= 15 is 0 Å². The molecule has 0 aromatic carbocycles. The lowest BCUT2D eigenvalue weighted by molar-refractivity contribution is -0.732. The Morgan fingerprint density at radius 1 is 0.783 bits per heavy atom. The quantitative estimate of drug-likeness (QED) is 0.291. The minimum Gasteiger partial charge on any atom is -0.342 e. The summed E-state index contributed by atoms with van der Waals surface area (Å²) in [4.78, 5) is 0. The number of nitrogens with zero attached hydrogens (tertiary/aromatic N) is 2. The van der Waals surface area contributed by atoms with Crippen LogP contribution in [-0.4, -0.2) is 11.2 Å². The molecule has 0 N–H and O–H groups in total. The molecule has 0 bridgehead atoms. The van der Waals surface area contributed by atoms with Gasteiger partial charge >= 0.3 is 0 Å². The highest BCUT2D eigenvalue weighted by Crippen LogP contribution is 2.08. The van der Waals surface area contributed by atoms with Gasteiger partial charge in [-0.25, -0.2) is 9.13 Å². The normalized spacial score (nSPS) is 11.2. The standard InChI is InChI=1S/C20H39N2O/c1-3-5-7-9-10-11-12-13-15-21-16-17-22(19-21)20-23-18-14-8-6-4-2/h16-17,19H,3-15,18,20H2,1-2H3/q+1. The first-order valence-electron chi connectivity index (χ1n) is 9.99. The summed E-state index contributed by atoms with van der Waals surface area (Å²) in [6.45, 7) is 7.23. The molecule has 23 heavy (non-hydrogen) atoms. The lowest BCUT2D eigenvalue weighted by atomic mass is 10.1. The van der Waals surface area contributed by atoms with E-state index in [1.54, 1.807) is 0 Å². The summed E-state index contributed by atoms with van der Waals surface area (Å²) in [6, 6.07) is 0. The number of hydrogen-bond donors (Lipinski definition) is 0. The second-order valence-corrected chi connectivity index (χ2v) is 6.74. The Balaban J connectivity index is 1.96. The monoisotopic (exact) mass is 323 g/mol. The van der Waals surface area contributed by atoms with Crippen molar-refractivity contribution in [2.75, 3.05) is 6.61 Å². The van der Waals surface area contributed by atoms with Gasteiger partial charge in [-0.1, -0.05) is 71.6 Å². The molecule has 0 atom stereocenters. The second kappa shape index (κ2) is 14.7. The van der Waals surface area contributed by atoms with Gasteiger partial charge in [0.05, 0.1) is 13.2 Å². The van der Waals surface area contributed by atoms with E-state index in [2.05, 4.69) is 41.7 Å². The number of aryl methyl sites for hydroxylation is 1. The van der Waals surface area contributed by atoms with Gasteiger partial charge in [0.2, 0.25) is 6.33 Å². The molecule has 134 valence electrons. The summed E-state index contributed by atoms with van der Waals surface area (Å²) < 4.78 is 10.2. The van der Waals surface area contributed by atoms with Crippen LogP contribution >= 0.6 is 0 Å². The van der Waals surface area contributed by atoms with Crippen LogP contribution in [0.2, 0.25) is 0 Å². The molecule has 0 saturated carbocycles. The molecule has 0 spiro atoms. The third kappa shape index (κ3) is 11.4. The maximum atomic E-state index is 5.72. The molecule has 0 fully saturated rings. The highest BCUT2D eigenvalue weighted by molar-refractivity contribution is 4.65. The summed E-state index contributed by atoms with van der Waals surface area (Å²) in [6.07, 6.45) is 22.6. The van der Waals surface area contributed by atoms with Crippen LogP contribution in [0.5, 0.6) is 0 Å². The minimum absolute atomic E-state index is 0.691. The van der Waals surface area contributed by atoms with E-state index in [9.17, 15) is 0 Å². The van der Waals surface area contributed by atoms with Gasteiger partial charge in [-0.3, -0.25) is 0 Å². The van der Waals surface area contributed by atoms with E-state index < -0.39 is 0 Å². The second-order valence-electron chi connectivity index (χ2n) is 6.74. The highest BCUT2D eigenvalue weighted by Gasteiger charge is 2.03. The molecule has 1 heterocycles. The van der Waals surface area contributed by atoms with Gasteiger partial charge in [0.25, 0.3) is 0 Å². The molecule has 3 nitrogen and oxygen atoms in total. The van der Waals surface area contributed by atoms with Crippen molar-refractivity contribution in [1.82, 2.24) is 4.57 Å². The lowest BCUT2D eigenvalue weighted by Crippen LogP contribution is -2.32. The summed E-state index contributed by atoms with van der Waals surface area (Å²) in [7, 11) is 0. The first-order chi connectivity index (χ1) is 11.4. The molecule has 0 amide bonds. The lowest BCUT2D eigenvalue weighted by Gasteiger charge is -2.01. The number of unbranched alkanes of at least 4 members (excludes halogenated alkanes) is 10. The largest absolute Gasteiger partial charge is 0.342 e. The van der Waals surface area contributed by atoms with Gasteiger partial charge in [-0.15, -0.1) is 0 Å². The fraction of sp³-hybridized carbons (Fsp3) is 0.850. The number of aromatic nitrogens is 2. The number of hydrogen-bond acceptors (Lipinski definition) is 1. The molecule has 0 aliphatic carbocycles. The van der Waals surface area contributed by atoms with E-state index in [0.29, 0.717) is 6.73 Å². The Bertz CT molecular complexity index is 362. The van der Waals surface area contributed by atoms with E-state index in [1.165, 1.54) is 77.0 Å². The number of ether oxygens (including phenoxy) is 1. The molecule has 0 radical (unpaired) electrons. The Hall–Kier alpha value is -0.830. The SMILES string of the molecule is CCCCCCCCCCn1cc[n+](COCCCCCC)c1. The molecule has 0 unspecified atom stereocenters. The maximum absolute atomic E-state index is 5.72. The average molecular weight is 324 g/mol. The Morgan fingerprint density at radius 3 is 2.09 bits per heavy atom. The predicted octanol–water partition coefficient (Wildman–Crippen LogP) is 5.47. The number of rotatable bonds is 16. The third-order valence-electron chi connectivity index (χ3n) is 4.40. The summed E-state index contributed by atoms with van der Waals surface area (Å²) >= 11 is 0. The fourth-order valence-electron chi connectivity index (χ4n) is 2.88. The first kappa shape index (κ1) is 20.2. The van der Waals surface area contributed by atoms with E-state index in [1.807, 2.05) is 0 Å². The number of imidazole rings is 1. The van der Waals surface area contributed by atoms with Crippen LogP contribution in [0, 0.1) is 0 Å². The van der Waals surface area contributed by atoms with Crippen LogP contribution in [0.3, 0.4) is 0 Å². The predicted molar refractivity (Wildman–Crippen MR) is 97.3 cm³/mol. The van der Waals surface area contributed by atoms with Crippen molar-refractivity contribution < 1.29 is 9.30 Å². The van der Waals surface area contributed by atoms with Crippen LogP contribution in [0.25, 0.3) is 0 Å². The van der Waals surface area contributed by atoms with Crippen LogP contribution in [0.15, 0.2) is 18.7 Å². The molecular weight excluding hydrogens is 284 g/mol. The van der Waals surface area contributed by atoms with Crippen molar-refractivity contribution in [3.8, 4) is 0 Å². The smallest absolute Gasteiger partial charge is 0.245 e. The molecule has 0 aliphatic rings. The first-order valence-corrected chi connectivity index (χ1v) is 9.99. The van der Waals surface area contributed by atoms with Gasteiger partial charge in [-0.2, -0.15) is 0 Å². The zero-order valence-electron chi connectivity index (χ0n) is 15.6. The molecule has 0 saturated heterocycles. The zero-order chi connectivity index (χ0) is 16.6. The van der Waals surface area contributed by atoms with Crippen molar-refractivity contribution in [2.24, 2.45) is 0 Å². The fourth-order valence-corrected chi connectivity index (χ4v) is 2.88. The molecular formula is C20H39N2O+. The summed E-state index contributed by atoms with van der Waals surface area (Å²) in [5.74, 6) is 0. The Labute approximate surface area is 144 Å². The van der Waals surface area contributed by atoms with Crippen molar-refractivity contribution in [2.45, 2.75) is 104 Å². The van der Waals surface area contributed by atoms with Crippen molar-refractivity contribution >= 4 is 0 Å². The van der Waals surface area contributed by atoms with Gasteiger partial charge < -0.3 is 4.74 Å². The topological polar surface area (TPSA) is 18.0 Å². The van der Waals surface area contributed by atoms with Gasteiger partial charge in [-0.05, 0) is 19.3 Å². The van der Waals surface area contributed by atoms with E-state index in [-0.39, 0.29) is 0 Å². The Kier molecular flexibility index (Phi) is 13.0. The third-order valence-corrected chi connectivity index (χ3v) is 4.40. The molecule has 1 aromatic rings. The van der Waals surface area contributed by atoms with E-state index in [0.717, 1.165) is 13.2 Å². The minimum atomic E-state index is 0.691.